The lowest BCUT2D eigenvalue weighted by atomic mass is 10.1. The fourth-order valence-corrected chi connectivity index (χ4v) is 3.06. The van der Waals surface area contributed by atoms with Crippen molar-refractivity contribution in [2.45, 2.75) is 18.9 Å². The number of aryl methyl sites for hydroxylation is 1. The van der Waals surface area contributed by atoms with E-state index in [0.29, 0.717) is 29.4 Å². The molecular weight excluding hydrogens is 362 g/mol. The molecule has 2 aromatic carbocycles. The van der Waals surface area contributed by atoms with Crippen molar-refractivity contribution in [3.63, 3.8) is 0 Å². The van der Waals surface area contributed by atoms with Gasteiger partial charge in [0.25, 0.3) is 0 Å². The Morgan fingerprint density at radius 1 is 1.16 bits per heavy atom. The van der Waals surface area contributed by atoms with Crippen molar-refractivity contribution in [3.8, 4) is 0 Å². The van der Waals surface area contributed by atoms with Crippen molar-refractivity contribution in [1.29, 1.82) is 0 Å². The molecule has 0 saturated heterocycles. The molecule has 1 atom stereocenters. The van der Waals surface area contributed by atoms with Gasteiger partial charge in [-0.25, -0.2) is 4.39 Å². The Hall–Kier alpha value is -1.62. The zero-order valence-electron chi connectivity index (χ0n) is 14.2. The highest BCUT2D eigenvalue weighted by Gasteiger charge is 2.15. The van der Waals surface area contributed by atoms with Gasteiger partial charge in [-0.1, -0.05) is 41.4 Å². The molecule has 0 aromatic heterocycles. The van der Waals surface area contributed by atoms with Crippen LogP contribution in [0.1, 0.15) is 23.6 Å². The summed E-state index contributed by atoms with van der Waals surface area (Å²) >= 11 is 12.0. The molecule has 0 aliphatic carbocycles. The van der Waals surface area contributed by atoms with E-state index in [0.717, 1.165) is 11.1 Å². The highest BCUT2D eigenvalue weighted by atomic mass is 35.5. The van der Waals surface area contributed by atoms with Gasteiger partial charge in [-0.15, -0.1) is 0 Å². The molecule has 0 radical (unpaired) electrons. The van der Waals surface area contributed by atoms with Gasteiger partial charge in [0.15, 0.2) is 0 Å². The minimum Gasteiger partial charge on any atom is -0.354 e. The zero-order chi connectivity index (χ0) is 18.4. The van der Waals surface area contributed by atoms with E-state index in [1.54, 1.807) is 24.3 Å². The molecule has 1 unspecified atom stereocenters. The number of hydrogen-bond acceptors (Lipinski definition) is 2. The predicted octanol–water partition coefficient (Wildman–Crippen LogP) is 4.48. The summed E-state index contributed by atoms with van der Waals surface area (Å²) in [5.74, 6) is -0.329. The molecular formula is C19H21Cl2FN2O. The molecule has 2 aromatic rings. The maximum Gasteiger partial charge on any atom is 0.220 e. The van der Waals surface area contributed by atoms with Crippen LogP contribution >= 0.6 is 23.2 Å². The molecule has 1 amide bonds. The largest absolute Gasteiger partial charge is 0.354 e. The molecule has 0 fully saturated rings. The molecule has 3 nitrogen and oxygen atoms in total. The second kappa shape index (κ2) is 9.18. The van der Waals surface area contributed by atoms with E-state index < -0.39 is 0 Å². The first kappa shape index (κ1) is 19.7. The Bertz CT molecular complexity index is 720. The van der Waals surface area contributed by atoms with E-state index in [1.807, 2.05) is 25.1 Å². The number of rotatable bonds is 7. The standard InChI is InChI=1S/C19H21Cl2FN2O/c1-24(2)18(14-4-8-16(22)9-5-14)12-23-19(25)10-6-13-3-7-15(20)11-17(13)21/h3-5,7-9,11,18H,6,10,12H2,1-2H3,(H,23,25). The molecule has 0 saturated carbocycles. The van der Waals surface area contributed by atoms with Crippen LogP contribution in [0.2, 0.25) is 10.0 Å². The summed E-state index contributed by atoms with van der Waals surface area (Å²) in [7, 11) is 3.85. The second-order valence-electron chi connectivity index (χ2n) is 6.07. The van der Waals surface area contributed by atoms with Crippen molar-refractivity contribution in [2.24, 2.45) is 0 Å². The van der Waals surface area contributed by atoms with Gasteiger partial charge >= 0.3 is 0 Å². The van der Waals surface area contributed by atoms with E-state index in [1.165, 1.54) is 12.1 Å². The highest BCUT2D eigenvalue weighted by Crippen LogP contribution is 2.22. The van der Waals surface area contributed by atoms with Gasteiger partial charge in [0.2, 0.25) is 5.91 Å². The Labute approximate surface area is 157 Å². The third-order valence-corrected chi connectivity index (χ3v) is 4.59. The van der Waals surface area contributed by atoms with Gasteiger partial charge in [0, 0.05) is 23.0 Å². The molecule has 1 N–H and O–H groups in total. The van der Waals surface area contributed by atoms with Crippen molar-refractivity contribution < 1.29 is 9.18 Å². The Morgan fingerprint density at radius 2 is 1.84 bits per heavy atom. The highest BCUT2D eigenvalue weighted by molar-refractivity contribution is 6.35. The fraction of sp³-hybridized carbons (Fsp3) is 0.316. The number of carbonyl (C=O) groups excluding carboxylic acids is 1. The lowest BCUT2D eigenvalue weighted by Crippen LogP contribution is -2.34. The van der Waals surface area contributed by atoms with Crippen LogP contribution in [-0.4, -0.2) is 31.4 Å². The van der Waals surface area contributed by atoms with E-state index in [9.17, 15) is 9.18 Å². The number of amides is 1. The number of nitrogens with zero attached hydrogens (tertiary/aromatic N) is 1. The third kappa shape index (κ3) is 5.99. The lowest BCUT2D eigenvalue weighted by Gasteiger charge is -2.25. The van der Waals surface area contributed by atoms with Crippen LogP contribution in [-0.2, 0) is 11.2 Å². The number of likely N-dealkylation sites (N-methyl/N-ethyl adjacent to an activating group) is 1. The van der Waals surface area contributed by atoms with Gasteiger partial charge in [0.1, 0.15) is 5.82 Å². The lowest BCUT2D eigenvalue weighted by molar-refractivity contribution is -0.121. The van der Waals surface area contributed by atoms with Gasteiger partial charge in [0.05, 0.1) is 6.04 Å². The van der Waals surface area contributed by atoms with Crippen molar-refractivity contribution in [1.82, 2.24) is 10.2 Å². The summed E-state index contributed by atoms with van der Waals surface area (Å²) in [6.45, 7) is 0.450. The number of carbonyl (C=O) groups is 1. The molecule has 6 heteroatoms. The van der Waals surface area contributed by atoms with Gasteiger partial charge in [-0.3, -0.25) is 4.79 Å². The van der Waals surface area contributed by atoms with Gasteiger partial charge in [-0.2, -0.15) is 0 Å². The Balaban J connectivity index is 1.89. The summed E-state index contributed by atoms with van der Waals surface area (Å²) in [5, 5.41) is 4.08. The monoisotopic (exact) mass is 382 g/mol. The molecule has 2 rings (SSSR count). The topological polar surface area (TPSA) is 32.3 Å². The summed E-state index contributed by atoms with van der Waals surface area (Å²) < 4.78 is 13.1. The third-order valence-electron chi connectivity index (χ3n) is 4.01. The average Bonchev–Trinajstić information content (AvgIpc) is 2.55. The van der Waals surface area contributed by atoms with Crippen LogP contribution in [0, 0.1) is 5.82 Å². The molecule has 0 heterocycles. The molecule has 134 valence electrons. The van der Waals surface area contributed by atoms with Crippen molar-refractivity contribution in [3.05, 3.63) is 69.5 Å². The second-order valence-corrected chi connectivity index (χ2v) is 6.91. The van der Waals surface area contributed by atoms with E-state index in [-0.39, 0.29) is 17.8 Å². The SMILES string of the molecule is CN(C)C(CNC(=O)CCc1ccc(Cl)cc1Cl)c1ccc(F)cc1. The zero-order valence-corrected chi connectivity index (χ0v) is 15.7. The first-order valence-corrected chi connectivity index (χ1v) is 8.75. The average molecular weight is 383 g/mol. The molecule has 0 aliphatic rings. The number of benzene rings is 2. The van der Waals surface area contributed by atoms with Crippen LogP contribution in [0.4, 0.5) is 4.39 Å². The first-order valence-electron chi connectivity index (χ1n) is 7.99. The number of halogens is 3. The molecule has 0 spiro atoms. The predicted molar refractivity (Wildman–Crippen MR) is 101 cm³/mol. The van der Waals surface area contributed by atoms with Crippen molar-refractivity contribution >= 4 is 29.1 Å². The first-order chi connectivity index (χ1) is 11.9. The van der Waals surface area contributed by atoms with Crippen LogP contribution in [0.5, 0.6) is 0 Å². The summed E-state index contributed by atoms with van der Waals surface area (Å²) in [6, 6.07) is 11.6. The van der Waals surface area contributed by atoms with Crippen LogP contribution < -0.4 is 5.32 Å². The van der Waals surface area contributed by atoms with Crippen LogP contribution in [0.15, 0.2) is 42.5 Å². The van der Waals surface area contributed by atoms with E-state index in [4.69, 9.17) is 23.2 Å². The number of nitrogens with one attached hydrogen (secondary N) is 1. The van der Waals surface area contributed by atoms with Crippen LogP contribution in [0.3, 0.4) is 0 Å². The number of hydrogen-bond donors (Lipinski definition) is 1. The normalized spacial score (nSPS) is 12.2. The summed E-state index contributed by atoms with van der Waals surface area (Å²) in [4.78, 5) is 14.1. The molecule has 0 bridgehead atoms. The van der Waals surface area contributed by atoms with Crippen LogP contribution in [0.25, 0.3) is 0 Å². The fourth-order valence-electron chi connectivity index (χ4n) is 2.56. The van der Waals surface area contributed by atoms with Gasteiger partial charge < -0.3 is 10.2 Å². The van der Waals surface area contributed by atoms with E-state index >= 15 is 0 Å². The summed E-state index contributed by atoms with van der Waals surface area (Å²) in [6.07, 6.45) is 0.885. The molecule has 0 aliphatic heterocycles. The van der Waals surface area contributed by atoms with Gasteiger partial charge in [-0.05, 0) is 55.9 Å². The maximum absolute atomic E-state index is 13.1. The summed E-state index contributed by atoms with van der Waals surface area (Å²) in [5.41, 5.74) is 1.84. The smallest absolute Gasteiger partial charge is 0.220 e. The Morgan fingerprint density at radius 3 is 2.44 bits per heavy atom. The quantitative estimate of drug-likeness (QED) is 0.765. The minimum atomic E-state index is -0.273. The van der Waals surface area contributed by atoms with E-state index in [2.05, 4.69) is 5.32 Å². The minimum absolute atomic E-state index is 0.0244. The maximum atomic E-state index is 13.1. The molecule has 25 heavy (non-hydrogen) atoms. The van der Waals surface area contributed by atoms with Crippen molar-refractivity contribution in [2.75, 3.05) is 20.6 Å². The Kier molecular flexibility index (Phi) is 7.24.